The van der Waals surface area contributed by atoms with E-state index < -0.39 is 34.4 Å². The van der Waals surface area contributed by atoms with Crippen LogP contribution >= 0.6 is 11.6 Å². The van der Waals surface area contributed by atoms with Crippen molar-refractivity contribution in [3.8, 4) is 0 Å². The Hall–Kier alpha value is -2.75. The third kappa shape index (κ3) is 5.12. The van der Waals surface area contributed by atoms with Gasteiger partial charge in [-0.25, -0.2) is 18.4 Å². The molecular weight excluding hydrogens is 384 g/mol. The number of carbonyl (C=O) groups excluding carboxylic acids is 3. The Labute approximate surface area is 154 Å². The standard InChI is InChI=1S/C16H13ClN2O6S/c17-13-7-6-11(26(18,23)24)8-12(13)16(22)25-9-14(20)19-15(21)10-4-2-1-3-5-10/h1-8H,9H2,(H2,18,23,24)(H,19,20,21). The highest BCUT2D eigenvalue weighted by molar-refractivity contribution is 7.89. The van der Waals surface area contributed by atoms with Gasteiger partial charge in [0.25, 0.3) is 11.8 Å². The molecule has 0 heterocycles. The van der Waals surface area contributed by atoms with Gasteiger partial charge in [0.15, 0.2) is 6.61 Å². The maximum Gasteiger partial charge on any atom is 0.340 e. The number of primary sulfonamides is 1. The van der Waals surface area contributed by atoms with Gasteiger partial charge >= 0.3 is 5.97 Å². The number of hydrogen-bond donors (Lipinski definition) is 2. The molecule has 8 nitrogen and oxygen atoms in total. The fraction of sp³-hybridized carbons (Fsp3) is 0.0625. The molecule has 0 spiro atoms. The molecule has 2 rings (SSSR count). The summed E-state index contributed by atoms with van der Waals surface area (Å²) in [6.45, 7) is -0.757. The first kappa shape index (κ1) is 19.6. The topological polar surface area (TPSA) is 133 Å². The van der Waals surface area contributed by atoms with E-state index >= 15 is 0 Å². The van der Waals surface area contributed by atoms with Crippen LogP contribution in [0.25, 0.3) is 0 Å². The molecule has 26 heavy (non-hydrogen) atoms. The summed E-state index contributed by atoms with van der Waals surface area (Å²) in [5.74, 6) is -2.55. The Bertz CT molecular complexity index is 960. The second-order valence-corrected chi connectivity index (χ2v) is 6.97. The van der Waals surface area contributed by atoms with Crippen molar-refractivity contribution in [3.63, 3.8) is 0 Å². The molecule has 0 radical (unpaired) electrons. The van der Waals surface area contributed by atoms with E-state index in [9.17, 15) is 22.8 Å². The molecule has 2 aromatic carbocycles. The molecule has 0 saturated heterocycles. The summed E-state index contributed by atoms with van der Waals surface area (Å²) in [6.07, 6.45) is 0. The van der Waals surface area contributed by atoms with Crippen molar-refractivity contribution in [2.75, 3.05) is 6.61 Å². The zero-order valence-corrected chi connectivity index (χ0v) is 14.7. The summed E-state index contributed by atoms with van der Waals surface area (Å²) in [5, 5.41) is 6.95. The predicted molar refractivity (Wildman–Crippen MR) is 92.0 cm³/mol. The van der Waals surface area contributed by atoms with Crippen molar-refractivity contribution < 1.29 is 27.5 Å². The van der Waals surface area contributed by atoms with Crippen LogP contribution in [0.3, 0.4) is 0 Å². The van der Waals surface area contributed by atoms with Crippen molar-refractivity contribution >= 4 is 39.4 Å². The van der Waals surface area contributed by atoms with Crippen molar-refractivity contribution in [1.82, 2.24) is 5.32 Å². The van der Waals surface area contributed by atoms with Gasteiger partial charge in [-0.15, -0.1) is 0 Å². The van der Waals surface area contributed by atoms with E-state index in [1.807, 2.05) is 5.32 Å². The van der Waals surface area contributed by atoms with E-state index in [1.54, 1.807) is 18.2 Å². The monoisotopic (exact) mass is 396 g/mol. The van der Waals surface area contributed by atoms with Gasteiger partial charge in [-0.05, 0) is 30.3 Å². The van der Waals surface area contributed by atoms with E-state index in [2.05, 4.69) is 0 Å². The second-order valence-electron chi connectivity index (χ2n) is 5.01. The van der Waals surface area contributed by atoms with Crippen LogP contribution in [0.4, 0.5) is 0 Å². The molecule has 0 unspecified atom stereocenters. The lowest BCUT2D eigenvalue weighted by molar-refractivity contribution is -0.123. The van der Waals surface area contributed by atoms with Crippen LogP contribution in [-0.4, -0.2) is 32.8 Å². The van der Waals surface area contributed by atoms with Gasteiger partial charge in [0, 0.05) is 5.56 Å². The summed E-state index contributed by atoms with van der Waals surface area (Å²) in [7, 11) is -4.04. The number of benzene rings is 2. The lowest BCUT2D eigenvalue weighted by atomic mass is 10.2. The predicted octanol–water partition coefficient (Wildman–Crippen LogP) is 1.10. The van der Waals surface area contributed by atoms with Gasteiger partial charge in [-0.1, -0.05) is 29.8 Å². The summed E-state index contributed by atoms with van der Waals surface area (Å²) < 4.78 is 27.4. The number of carbonyl (C=O) groups is 3. The van der Waals surface area contributed by atoms with Crippen molar-refractivity contribution in [2.24, 2.45) is 5.14 Å². The molecule has 0 aliphatic carbocycles. The summed E-state index contributed by atoms with van der Waals surface area (Å²) in [6, 6.07) is 11.2. The Morgan fingerprint density at radius 3 is 2.35 bits per heavy atom. The van der Waals surface area contributed by atoms with E-state index in [0.717, 1.165) is 18.2 Å². The molecule has 0 bridgehead atoms. The van der Waals surface area contributed by atoms with Gasteiger partial charge in [-0.2, -0.15) is 0 Å². The number of amides is 2. The first-order chi connectivity index (χ1) is 12.2. The molecule has 2 amide bonds. The highest BCUT2D eigenvalue weighted by atomic mass is 35.5. The van der Waals surface area contributed by atoms with Crippen molar-refractivity contribution in [1.29, 1.82) is 0 Å². The molecule has 2 aromatic rings. The van der Waals surface area contributed by atoms with Crippen LogP contribution in [-0.2, 0) is 19.6 Å². The number of nitrogens with two attached hydrogens (primary N) is 1. The summed E-state index contributed by atoms with van der Waals surface area (Å²) in [5.41, 5.74) is -0.0172. The van der Waals surface area contributed by atoms with Gasteiger partial charge < -0.3 is 4.74 Å². The molecule has 0 aliphatic heterocycles. The highest BCUT2D eigenvalue weighted by Gasteiger charge is 2.18. The molecule has 0 saturated carbocycles. The lowest BCUT2D eigenvalue weighted by Gasteiger charge is -2.08. The van der Waals surface area contributed by atoms with Gasteiger partial charge in [-0.3, -0.25) is 14.9 Å². The largest absolute Gasteiger partial charge is 0.452 e. The van der Waals surface area contributed by atoms with Crippen LogP contribution in [0.5, 0.6) is 0 Å². The maximum absolute atomic E-state index is 12.0. The molecule has 0 aromatic heterocycles. The average Bonchev–Trinajstić information content (AvgIpc) is 2.59. The third-order valence-electron chi connectivity index (χ3n) is 3.11. The Morgan fingerprint density at radius 1 is 1.08 bits per heavy atom. The van der Waals surface area contributed by atoms with Crippen LogP contribution in [0.1, 0.15) is 20.7 Å². The van der Waals surface area contributed by atoms with Gasteiger partial charge in [0.1, 0.15) is 0 Å². The quantitative estimate of drug-likeness (QED) is 0.727. The number of hydrogen-bond acceptors (Lipinski definition) is 6. The number of rotatable bonds is 5. The first-order valence-corrected chi connectivity index (χ1v) is 8.99. The Kier molecular flexibility index (Phi) is 6.09. The van der Waals surface area contributed by atoms with Gasteiger partial charge in [0.2, 0.25) is 10.0 Å². The fourth-order valence-corrected chi connectivity index (χ4v) is 2.61. The number of esters is 1. The van der Waals surface area contributed by atoms with E-state index in [1.165, 1.54) is 12.1 Å². The number of halogens is 1. The second kappa shape index (κ2) is 8.09. The van der Waals surface area contributed by atoms with Crippen LogP contribution < -0.4 is 10.5 Å². The van der Waals surface area contributed by atoms with Crippen LogP contribution in [0.2, 0.25) is 5.02 Å². The highest BCUT2D eigenvalue weighted by Crippen LogP contribution is 2.20. The van der Waals surface area contributed by atoms with Gasteiger partial charge in [0.05, 0.1) is 15.5 Å². The van der Waals surface area contributed by atoms with Crippen molar-refractivity contribution in [2.45, 2.75) is 4.90 Å². The van der Waals surface area contributed by atoms with E-state index in [-0.39, 0.29) is 21.0 Å². The number of imide groups is 1. The number of sulfonamides is 1. The SMILES string of the molecule is NS(=O)(=O)c1ccc(Cl)c(C(=O)OCC(=O)NC(=O)c2ccccc2)c1. The zero-order valence-electron chi connectivity index (χ0n) is 13.1. The number of ether oxygens (including phenoxy) is 1. The minimum atomic E-state index is -4.04. The molecule has 0 fully saturated rings. The van der Waals surface area contributed by atoms with E-state index in [0.29, 0.717) is 0 Å². The lowest BCUT2D eigenvalue weighted by Crippen LogP contribution is -2.34. The third-order valence-corrected chi connectivity index (χ3v) is 4.35. The minimum Gasteiger partial charge on any atom is -0.452 e. The fourth-order valence-electron chi connectivity index (χ4n) is 1.87. The molecule has 0 aliphatic rings. The zero-order chi connectivity index (χ0) is 19.3. The molecule has 3 N–H and O–H groups in total. The summed E-state index contributed by atoms with van der Waals surface area (Å²) in [4.78, 5) is 35.2. The Morgan fingerprint density at radius 2 is 1.73 bits per heavy atom. The minimum absolute atomic E-state index is 0.0804. The normalized spacial score (nSPS) is 10.8. The molecule has 136 valence electrons. The smallest absolute Gasteiger partial charge is 0.340 e. The molecular formula is C16H13ClN2O6S. The Balaban J connectivity index is 2.00. The number of nitrogens with one attached hydrogen (secondary N) is 1. The van der Waals surface area contributed by atoms with Crippen LogP contribution in [0, 0.1) is 0 Å². The first-order valence-electron chi connectivity index (χ1n) is 7.07. The van der Waals surface area contributed by atoms with E-state index in [4.69, 9.17) is 21.5 Å². The average molecular weight is 397 g/mol. The maximum atomic E-state index is 12.0. The van der Waals surface area contributed by atoms with Crippen LogP contribution in [0.15, 0.2) is 53.4 Å². The molecule has 0 atom stereocenters. The van der Waals surface area contributed by atoms with Crippen molar-refractivity contribution in [3.05, 3.63) is 64.7 Å². The molecule has 10 heteroatoms. The summed E-state index contributed by atoms with van der Waals surface area (Å²) >= 11 is 5.83.